The van der Waals surface area contributed by atoms with Crippen LogP contribution in [0.5, 0.6) is 0 Å². The molecule has 1 aliphatic rings. The summed E-state index contributed by atoms with van der Waals surface area (Å²) in [6, 6.07) is 84.1. The number of hydrogen-bond donors (Lipinski definition) is 0. The van der Waals surface area contributed by atoms with E-state index in [-0.39, 0.29) is 0 Å². The SMILES string of the molecule is CC1(C)c2cc(N(c3ccccc3)c3ccccc3)ccc2N(c2nc(-c3ccccc3)c(-c3ccccc3)nc2-c2ccccc2)c2ccc(-n3c4ccccc4c4ccccc43)cc21. The molecule has 0 bridgehead atoms. The molecule has 0 saturated heterocycles. The third-order valence-corrected chi connectivity index (χ3v) is 13.1. The topological polar surface area (TPSA) is 37.2 Å². The van der Waals surface area contributed by atoms with Crippen molar-refractivity contribution in [1.82, 2.24) is 14.5 Å². The maximum atomic E-state index is 5.82. The predicted octanol–water partition coefficient (Wildman–Crippen LogP) is 16.2. The Balaban J connectivity index is 1.16. The molecule has 5 nitrogen and oxygen atoms in total. The summed E-state index contributed by atoms with van der Waals surface area (Å²) in [5.41, 5.74) is 16.2. The van der Waals surface area contributed by atoms with Crippen LogP contribution in [0.1, 0.15) is 25.0 Å². The Kier molecular flexibility index (Phi) is 9.42. The number of anilines is 6. The monoisotopic (exact) mass is 847 g/mol. The second kappa shape index (κ2) is 15.9. The molecule has 0 radical (unpaired) electrons. The van der Waals surface area contributed by atoms with Crippen molar-refractivity contribution in [2.75, 3.05) is 9.80 Å². The molecule has 0 unspecified atom stereocenters. The Labute approximate surface area is 385 Å². The summed E-state index contributed by atoms with van der Waals surface area (Å²) >= 11 is 0. The third-order valence-electron chi connectivity index (χ3n) is 13.1. The molecule has 66 heavy (non-hydrogen) atoms. The van der Waals surface area contributed by atoms with Gasteiger partial charge in [0.15, 0.2) is 5.82 Å². The zero-order valence-corrected chi connectivity index (χ0v) is 36.8. The van der Waals surface area contributed by atoms with Gasteiger partial charge in [0.25, 0.3) is 0 Å². The van der Waals surface area contributed by atoms with E-state index in [1.54, 1.807) is 0 Å². The Bertz CT molecular complexity index is 3460. The van der Waals surface area contributed by atoms with Crippen LogP contribution >= 0.6 is 0 Å². The molecule has 0 N–H and O–H groups in total. The van der Waals surface area contributed by atoms with Crippen LogP contribution in [0.25, 0.3) is 61.3 Å². The van der Waals surface area contributed by atoms with E-state index in [1.165, 1.54) is 32.9 Å². The quantitative estimate of drug-likeness (QED) is 0.153. The van der Waals surface area contributed by atoms with Crippen molar-refractivity contribution in [2.24, 2.45) is 0 Å². The van der Waals surface area contributed by atoms with Crippen LogP contribution in [0.15, 0.2) is 237 Å². The van der Waals surface area contributed by atoms with E-state index in [4.69, 9.17) is 9.97 Å². The van der Waals surface area contributed by atoms with Gasteiger partial charge in [0.1, 0.15) is 5.69 Å². The van der Waals surface area contributed by atoms with Crippen LogP contribution in [0, 0.1) is 0 Å². The first-order valence-electron chi connectivity index (χ1n) is 22.6. The largest absolute Gasteiger partial charge is 0.310 e. The van der Waals surface area contributed by atoms with Gasteiger partial charge >= 0.3 is 0 Å². The zero-order chi connectivity index (χ0) is 44.2. The zero-order valence-electron chi connectivity index (χ0n) is 36.8. The summed E-state index contributed by atoms with van der Waals surface area (Å²) < 4.78 is 2.42. The Morgan fingerprint density at radius 3 is 1.33 bits per heavy atom. The van der Waals surface area contributed by atoms with E-state index >= 15 is 0 Å². The van der Waals surface area contributed by atoms with Gasteiger partial charge in [0.2, 0.25) is 0 Å². The lowest BCUT2D eigenvalue weighted by Gasteiger charge is -2.43. The molecule has 0 saturated carbocycles. The smallest absolute Gasteiger partial charge is 0.165 e. The van der Waals surface area contributed by atoms with Gasteiger partial charge in [-0.3, -0.25) is 4.90 Å². The van der Waals surface area contributed by atoms with Gasteiger partial charge in [-0.2, -0.15) is 0 Å². The van der Waals surface area contributed by atoms with Crippen LogP contribution < -0.4 is 9.80 Å². The lowest BCUT2D eigenvalue weighted by atomic mass is 9.73. The highest BCUT2D eigenvalue weighted by Gasteiger charge is 2.40. The molecule has 0 aliphatic carbocycles. The fourth-order valence-electron chi connectivity index (χ4n) is 9.99. The number of aromatic nitrogens is 3. The molecule has 1 aliphatic heterocycles. The lowest BCUT2D eigenvalue weighted by molar-refractivity contribution is 0.631. The first-order chi connectivity index (χ1) is 32.5. The Hall–Kier alpha value is -8.54. The maximum Gasteiger partial charge on any atom is 0.165 e. The van der Waals surface area contributed by atoms with Crippen LogP contribution in [0.3, 0.4) is 0 Å². The van der Waals surface area contributed by atoms with Gasteiger partial charge in [-0.25, -0.2) is 9.97 Å². The first kappa shape index (κ1) is 39.1. The number of hydrogen-bond acceptors (Lipinski definition) is 4. The van der Waals surface area contributed by atoms with Crippen molar-refractivity contribution in [2.45, 2.75) is 19.3 Å². The minimum absolute atomic E-state index is 0.461. The van der Waals surface area contributed by atoms with E-state index in [0.717, 1.165) is 73.7 Å². The van der Waals surface area contributed by atoms with Crippen molar-refractivity contribution in [3.63, 3.8) is 0 Å². The number of para-hydroxylation sites is 4. The number of rotatable bonds is 8. The van der Waals surface area contributed by atoms with Crippen molar-refractivity contribution in [3.05, 3.63) is 248 Å². The third kappa shape index (κ3) is 6.47. The average molecular weight is 848 g/mol. The van der Waals surface area contributed by atoms with Crippen LogP contribution in [-0.4, -0.2) is 14.5 Å². The highest BCUT2D eigenvalue weighted by atomic mass is 15.2. The van der Waals surface area contributed by atoms with Crippen molar-refractivity contribution in [1.29, 1.82) is 0 Å². The fourth-order valence-corrected chi connectivity index (χ4v) is 9.99. The molecular weight excluding hydrogens is 803 g/mol. The van der Waals surface area contributed by atoms with Crippen LogP contribution in [-0.2, 0) is 5.41 Å². The molecule has 12 rings (SSSR count). The molecule has 0 fully saturated rings. The summed E-state index contributed by atoms with van der Waals surface area (Å²) in [6.07, 6.45) is 0. The summed E-state index contributed by atoms with van der Waals surface area (Å²) in [7, 11) is 0. The molecule has 0 amide bonds. The highest BCUT2D eigenvalue weighted by Crippen LogP contribution is 2.55. The standard InChI is InChI=1S/C61H45N5/c1-61(2)51-40-47(64(45-28-14-6-15-29-45)46-30-16-7-17-31-46)36-38-55(51)66(56-39-37-48(41-52(56)61)65-53-34-20-18-32-49(53)50-33-19-21-35-54(50)65)60-59(44-26-12-5-13-27-44)62-57(42-22-8-3-9-23-42)58(63-60)43-24-10-4-11-25-43/h3-41H,1-2H3. The van der Waals surface area contributed by atoms with Crippen LogP contribution in [0.2, 0.25) is 0 Å². The summed E-state index contributed by atoms with van der Waals surface area (Å²) in [5, 5.41) is 2.47. The van der Waals surface area contributed by atoms with E-state index < -0.39 is 5.41 Å². The van der Waals surface area contributed by atoms with Crippen molar-refractivity contribution in [3.8, 4) is 39.5 Å². The molecule has 0 spiro atoms. The Morgan fingerprint density at radius 2 is 0.803 bits per heavy atom. The van der Waals surface area contributed by atoms with E-state index in [1.807, 2.05) is 6.07 Å². The lowest BCUT2D eigenvalue weighted by Crippen LogP contribution is -2.32. The summed E-state index contributed by atoms with van der Waals surface area (Å²) in [5.74, 6) is 0.762. The van der Waals surface area contributed by atoms with E-state index in [2.05, 4.69) is 259 Å². The van der Waals surface area contributed by atoms with Crippen molar-refractivity contribution < 1.29 is 0 Å². The molecule has 11 aromatic rings. The molecule has 314 valence electrons. The molecule has 2 aromatic heterocycles. The minimum Gasteiger partial charge on any atom is -0.310 e. The molecule has 3 heterocycles. The molecule has 5 heteroatoms. The van der Waals surface area contributed by atoms with Gasteiger partial charge in [0, 0.05) is 55.6 Å². The first-order valence-corrected chi connectivity index (χ1v) is 22.6. The summed E-state index contributed by atoms with van der Waals surface area (Å²) in [4.78, 5) is 16.2. The van der Waals surface area contributed by atoms with Gasteiger partial charge in [-0.05, 0) is 83.9 Å². The summed E-state index contributed by atoms with van der Waals surface area (Å²) in [6.45, 7) is 4.74. The van der Waals surface area contributed by atoms with E-state index in [9.17, 15) is 0 Å². The van der Waals surface area contributed by atoms with Crippen molar-refractivity contribution >= 4 is 56.1 Å². The fraction of sp³-hybridized carbons (Fsp3) is 0.0492. The van der Waals surface area contributed by atoms with Gasteiger partial charge in [0.05, 0.1) is 33.8 Å². The minimum atomic E-state index is -0.461. The van der Waals surface area contributed by atoms with Crippen LogP contribution in [0.4, 0.5) is 34.3 Å². The Morgan fingerprint density at radius 1 is 0.379 bits per heavy atom. The van der Waals surface area contributed by atoms with Gasteiger partial charge in [-0.15, -0.1) is 0 Å². The molecular formula is C61H45N5. The van der Waals surface area contributed by atoms with Gasteiger partial charge < -0.3 is 9.47 Å². The predicted molar refractivity (Wildman–Crippen MR) is 274 cm³/mol. The van der Waals surface area contributed by atoms with E-state index in [0.29, 0.717) is 0 Å². The second-order valence-electron chi connectivity index (χ2n) is 17.4. The second-order valence-corrected chi connectivity index (χ2v) is 17.4. The highest BCUT2D eigenvalue weighted by molar-refractivity contribution is 6.09. The number of benzene rings is 9. The maximum absolute atomic E-state index is 5.82. The molecule has 9 aromatic carbocycles. The number of nitrogens with zero attached hydrogens (tertiary/aromatic N) is 5. The van der Waals surface area contributed by atoms with Gasteiger partial charge in [-0.1, -0.05) is 178 Å². The molecule has 0 atom stereocenters. The average Bonchev–Trinajstić information content (AvgIpc) is 3.72. The normalized spacial score (nSPS) is 12.8. The number of fused-ring (bicyclic) bond motifs is 5.